The average molecular weight is 422 g/mol. The van der Waals surface area contributed by atoms with Crippen molar-refractivity contribution in [3.63, 3.8) is 0 Å². The molecular formula is C30H47N. The Bertz CT molecular complexity index is 710. The number of hydrogen-bond acceptors (Lipinski definition) is 1. The fourth-order valence-electron chi connectivity index (χ4n) is 4.77. The zero-order chi connectivity index (χ0) is 22.7. The molecule has 2 unspecified atom stereocenters. The molecule has 1 fully saturated rings. The zero-order valence-corrected chi connectivity index (χ0v) is 21.2. The lowest BCUT2D eigenvalue weighted by Gasteiger charge is -2.28. The van der Waals surface area contributed by atoms with Crippen LogP contribution in [0.4, 0.5) is 0 Å². The van der Waals surface area contributed by atoms with Crippen molar-refractivity contribution in [2.75, 3.05) is 6.54 Å². The molecule has 0 saturated heterocycles. The molecule has 1 aliphatic rings. The summed E-state index contributed by atoms with van der Waals surface area (Å²) in [5.41, 5.74) is 4.50. The highest BCUT2D eigenvalue weighted by Crippen LogP contribution is 2.31. The van der Waals surface area contributed by atoms with E-state index in [2.05, 4.69) is 87.2 Å². The highest BCUT2D eigenvalue weighted by Gasteiger charge is 2.21. The molecule has 0 heterocycles. The molecule has 0 amide bonds. The van der Waals surface area contributed by atoms with E-state index < -0.39 is 0 Å². The molecule has 2 aromatic carbocycles. The molecule has 0 aromatic heterocycles. The van der Waals surface area contributed by atoms with E-state index in [0.29, 0.717) is 0 Å². The van der Waals surface area contributed by atoms with Crippen molar-refractivity contribution in [3.8, 4) is 0 Å². The van der Waals surface area contributed by atoms with Crippen LogP contribution in [0.15, 0.2) is 54.6 Å². The quantitative estimate of drug-likeness (QED) is 0.404. The van der Waals surface area contributed by atoms with E-state index in [1.165, 1.54) is 61.8 Å². The molecule has 31 heavy (non-hydrogen) atoms. The number of benzene rings is 2. The topological polar surface area (TPSA) is 3.24 Å². The first-order valence-electron chi connectivity index (χ1n) is 12.8. The second-order valence-corrected chi connectivity index (χ2v) is 10.3. The van der Waals surface area contributed by atoms with Gasteiger partial charge in [0.15, 0.2) is 0 Å². The third kappa shape index (κ3) is 8.81. The fraction of sp³-hybridized carbons (Fsp3) is 0.600. The van der Waals surface area contributed by atoms with Gasteiger partial charge in [-0.25, -0.2) is 0 Å². The monoisotopic (exact) mass is 421 g/mol. The first kappa shape index (κ1) is 25.7. The van der Waals surface area contributed by atoms with Crippen LogP contribution in [0, 0.1) is 11.8 Å². The van der Waals surface area contributed by atoms with Crippen LogP contribution >= 0.6 is 0 Å². The van der Waals surface area contributed by atoms with Crippen molar-refractivity contribution >= 4 is 0 Å². The van der Waals surface area contributed by atoms with Gasteiger partial charge in [0.25, 0.3) is 0 Å². The average Bonchev–Trinajstić information content (AvgIpc) is 2.98. The van der Waals surface area contributed by atoms with Crippen molar-refractivity contribution in [2.24, 2.45) is 11.8 Å². The van der Waals surface area contributed by atoms with Crippen molar-refractivity contribution < 1.29 is 0 Å². The van der Waals surface area contributed by atoms with E-state index in [-0.39, 0.29) is 5.41 Å². The largest absolute Gasteiger partial charge is 0.295 e. The predicted octanol–water partition coefficient (Wildman–Crippen LogP) is 8.62. The summed E-state index contributed by atoms with van der Waals surface area (Å²) in [7, 11) is 0. The van der Waals surface area contributed by atoms with E-state index in [1.54, 1.807) is 0 Å². The van der Waals surface area contributed by atoms with Gasteiger partial charge in [0.1, 0.15) is 0 Å². The summed E-state index contributed by atoms with van der Waals surface area (Å²) in [4.78, 5) is 2.67. The SMILES string of the molecule is CC.CC1CCCCCC1CCN(Cc1ccccc1)Cc1ccc(C(C)(C)C)cc1. The van der Waals surface area contributed by atoms with Gasteiger partial charge < -0.3 is 0 Å². The second-order valence-electron chi connectivity index (χ2n) is 10.3. The van der Waals surface area contributed by atoms with Gasteiger partial charge in [0.05, 0.1) is 0 Å². The normalized spacial score (nSPS) is 19.5. The van der Waals surface area contributed by atoms with Crippen molar-refractivity contribution in [1.82, 2.24) is 4.90 Å². The maximum atomic E-state index is 2.67. The number of rotatable bonds is 7. The maximum Gasteiger partial charge on any atom is 0.0237 e. The Balaban J connectivity index is 0.00000166. The van der Waals surface area contributed by atoms with E-state index in [4.69, 9.17) is 0 Å². The Morgan fingerprint density at radius 2 is 1.35 bits per heavy atom. The third-order valence-electron chi connectivity index (χ3n) is 6.83. The minimum absolute atomic E-state index is 0.220. The molecule has 0 aliphatic heterocycles. The Labute approximate surface area is 193 Å². The maximum absolute atomic E-state index is 2.67. The summed E-state index contributed by atoms with van der Waals surface area (Å²) in [5, 5.41) is 0. The third-order valence-corrected chi connectivity index (χ3v) is 6.83. The van der Waals surface area contributed by atoms with Gasteiger partial charge in [-0.15, -0.1) is 0 Å². The highest BCUT2D eigenvalue weighted by molar-refractivity contribution is 5.27. The number of nitrogens with zero attached hydrogens (tertiary/aromatic N) is 1. The molecule has 1 saturated carbocycles. The molecule has 2 aromatic rings. The van der Waals surface area contributed by atoms with Crippen LogP contribution < -0.4 is 0 Å². The summed E-state index contributed by atoms with van der Waals surface area (Å²) in [6.45, 7) is 16.6. The molecule has 3 rings (SSSR count). The molecule has 1 heteroatoms. The van der Waals surface area contributed by atoms with E-state index in [1.807, 2.05) is 13.8 Å². The van der Waals surface area contributed by atoms with Crippen LogP contribution in [0.1, 0.15) is 96.8 Å². The Kier molecular flexibility index (Phi) is 10.8. The van der Waals surface area contributed by atoms with Gasteiger partial charge in [-0.3, -0.25) is 4.90 Å². The van der Waals surface area contributed by atoms with Crippen LogP contribution in [0.5, 0.6) is 0 Å². The molecular weight excluding hydrogens is 374 g/mol. The molecule has 1 nitrogen and oxygen atoms in total. The molecule has 0 bridgehead atoms. The van der Waals surface area contributed by atoms with E-state index in [9.17, 15) is 0 Å². The highest BCUT2D eigenvalue weighted by atomic mass is 15.1. The predicted molar refractivity (Wildman–Crippen MR) is 137 cm³/mol. The van der Waals surface area contributed by atoms with Gasteiger partial charge in [0, 0.05) is 13.1 Å². The van der Waals surface area contributed by atoms with Crippen LogP contribution in [-0.4, -0.2) is 11.4 Å². The van der Waals surface area contributed by atoms with Crippen LogP contribution in [0.25, 0.3) is 0 Å². The lowest BCUT2D eigenvalue weighted by atomic mass is 9.86. The van der Waals surface area contributed by atoms with Gasteiger partial charge in [0.2, 0.25) is 0 Å². The molecule has 0 spiro atoms. The van der Waals surface area contributed by atoms with Crippen molar-refractivity contribution in [3.05, 3.63) is 71.3 Å². The van der Waals surface area contributed by atoms with Gasteiger partial charge in [-0.05, 0) is 46.9 Å². The molecule has 172 valence electrons. The Morgan fingerprint density at radius 1 is 0.774 bits per heavy atom. The minimum atomic E-state index is 0.220. The van der Waals surface area contributed by atoms with Crippen LogP contribution in [0.3, 0.4) is 0 Å². The lowest BCUT2D eigenvalue weighted by Crippen LogP contribution is -2.27. The first-order chi connectivity index (χ1) is 14.9. The van der Waals surface area contributed by atoms with Crippen LogP contribution in [-0.2, 0) is 18.5 Å². The van der Waals surface area contributed by atoms with Gasteiger partial charge >= 0.3 is 0 Å². The van der Waals surface area contributed by atoms with Gasteiger partial charge in [-0.2, -0.15) is 0 Å². The molecule has 0 N–H and O–H groups in total. The summed E-state index contributed by atoms with van der Waals surface area (Å²) in [6.07, 6.45) is 8.51. The van der Waals surface area contributed by atoms with Gasteiger partial charge in [-0.1, -0.05) is 128 Å². The molecule has 1 aliphatic carbocycles. The first-order valence-corrected chi connectivity index (χ1v) is 12.8. The molecule has 2 atom stereocenters. The summed E-state index contributed by atoms with van der Waals surface area (Å²) >= 11 is 0. The van der Waals surface area contributed by atoms with Crippen LogP contribution in [0.2, 0.25) is 0 Å². The van der Waals surface area contributed by atoms with Crippen molar-refractivity contribution in [1.29, 1.82) is 0 Å². The summed E-state index contributed by atoms with van der Waals surface area (Å²) in [5.74, 6) is 1.79. The lowest BCUT2D eigenvalue weighted by molar-refractivity contribution is 0.209. The second kappa shape index (κ2) is 13.1. The Morgan fingerprint density at radius 3 is 1.97 bits per heavy atom. The standard InChI is InChI=1S/C28H41N.C2H6/c1-23-11-7-5-10-14-26(23)19-20-29(21-24-12-8-6-9-13-24)22-25-15-17-27(18-16-25)28(2,3)4;1-2/h6,8-9,12-13,15-18,23,26H,5,7,10-11,14,19-22H2,1-4H3;1-2H3. The Hall–Kier alpha value is -1.60. The smallest absolute Gasteiger partial charge is 0.0237 e. The summed E-state index contributed by atoms with van der Waals surface area (Å²) in [6, 6.07) is 20.3. The van der Waals surface area contributed by atoms with Crippen molar-refractivity contribution in [2.45, 2.75) is 98.6 Å². The number of hydrogen-bond donors (Lipinski definition) is 0. The fourth-order valence-corrected chi connectivity index (χ4v) is 4.77. The zero-order valence-electron chi connectivity index (χ0n) is 21.2. The minimum Gasteiger partial charge on any atom is -0.295 e. The van der Waals surface area contributed by atoms with E-state index in [0.717, 1.165) is 24.9 Å². The van der Waals surface area contributed by atoms with E-state index >= 15 is 0 Å². The summed E-state index contributed by atoms with van der Waals surface area (Å²) < 4.78 is 0. The molecule has 0 radical (unpaired) electrons.